The topological polar surface area (TPSA) is 67.4 Å². The van der Waals surface area contributed by atoms with Gasteiger partial charge in [-0.15, -0.1) is 11.8 Å². The second-order valence-corrected chi connectivity index (χ2v) is 7.69. The van der Waals surface area contributed by atoms with E-state index in [9.17, 15) is 9.59 Å². The van der Waals surface area contributed by atoms with Crippen LogP contribution in [-0.2, 0) is 15.3 Å². The van der Waals surface area contributed by atoms with Gasteiger partial charge in [0.1, 0.15) is 0 Å². The number of carbonyl (C=O) groups is 2. The molecule has 0 aromatic heterocycles. The van der Waals surface area contributed by atoms with E-state index in [1.54, 1.807) is 49.6 Å². The van der Waals surface area contributed by atoms with Gasteiger partial charge in [0.25, 0.3) is 5.91 Å². The fraction of sp³-hybridized carbons (Fsp3) is 0.300. The highest BCUT2D eigenvalue weighted by Gasteiger charge is 2.13. The molecule has 0 fully saturated rings. The van der Waals surface area contributed by atoms with Crippen LogP contribution in [0.25, 0.3) is 0 Å². The van der Waals surface area contributed by atoms with E-state index in [2.05, 4.69) is 10.6 Å². The third-order valence-electron chi connectivity index (χ3n) is 3.80. The number of hydrogen-bond acceptors (Lipinski definition) is 4. The van der Waals surface area contributed by atoms with Gasteiger partial charge in [0.05, 0.1) is 17.0 Å². The molecule has 0 saturated carbocycles. The number of para-hydroxylation sites is 1. The maximum absolute atomic E-state index is 12.3. The minimum absolute atomic E-state index is 0.201. The third kappa shape index (κ3) is 7.02. The molecule has 8 heteroatoms. The molecular weight excluding hydrogens is 419 g/mol. The van der Waals surface area contributed by atoms with Crippen LogP contribution in [0.4, 0.5) is 5.69 Å². The Morgan fingerprint density at radius 3 is 2.50 bits per heavy atom. The minimum Gasteiger partial charge on any atom is -0.385 e. The molecule has 0 atom stereocenters. The zero-order valence-corrected chi connectivity index (χ0v) is 17.8. The van der Waals surface area contributed by atoms with Crippen molar-refractivity contribution in [3.63, 3.8) is 0 Å². The Bertz CT molecular complexity index is 798. The molecule has 0 saturated heterocycles. The first kappa shape index (κ1) is 22.6. The summed E-state index contributed by atoms with van der Waals surface area (Å²) in [5, 5.41) is 6.78. The SMILES string of the molecule is COCCCNC(=O)c1ccccc1NC(=O)CSCc1c(Cl)cccc1Cl. The fourth-order valence-electron chi connectivity index (χ4n) is 2.41. The number of carbonyl (C=O) groups excluding carboxylic acids is 2. The summed E-state index contributed by atoms with van der Waals surface area (Å²) < 4.78 is 4.96. The number of rotatable bonds is 10. The Kier molecular flexibility index (Phi) is 9.64. The molecule has 150 valence electrons. The molecule has 0 unspecified atom stereocenters. The molecule has 2 amide bonds. The summed E-state index contributed by atoms with van der Waals surface area (Å²) >= 11 is 13.7. The minimum atomic E-state index is -0.234. The summed E-state index contributed by atoms with van der Waals surface area (Å²) in [7, 11) is 1.62. The van der Waals surface area contributed by atoms with Gasteiger partial charge in [-0.05, 0) is 36.2 Å². The van der Waals surface area contributed by atoms with Crippen molar-refractivity contribution in [1.82, 2.24) is 5.32 Å². The number of anilines is 1. The first-order chi connectivity index (χ1) is 13.5. The van der Waals surface area contributed by atoms with Crippen LogP contribution in [-0.4, -0.2) is 37.8 Å². The van der Waals surface area contributed by atoms with Crippen LogP contribution in [0.5, 0.6) is 0 Å². The molecule has 2 rings (SSSR count). The zero-order valence-electron chi connectivity index (χ0n) is 15.5. The highest BCUT2D eigenvalue weighted by atomic mass is 35.5. The Morgan fingerprint density at radius 1 is 1.07 bits per heavy atom. The summed E-state index contributed by atoms with van der Waals surface area (Å²) in [5.74, 6) is 0.300. The van der Waals surface area contributed by atoms with Crippen molar-refractivity contribution in [2.24, 2.45) is 0 Å². The van der Waals surface area contributed by atoms with E-state index in [0.29, 0.717) is 40.2 Å². The first-order valence-corrected chi connectivity index (χ1v) is 10.6. The van der Waals surface area contributed by atoms with Gasteiger partial charge >= 0.3 is 0 Å². The number of ether oxygens (including phenoxy) is 1. The molecule has 2 aromatic carbocycles. The Labute approximate surface area is 179 Å². The lowest BCUT2D eigenvalue weighted by Gasteiger charge is -2.12. The Balaban J connectivity index is 1.89. The largest absolute Gasteiger partial charge is 0.385 e. The van der Waals surface area contributed by atoms with Crippen molar-refractivity contribution >= 4 is 52.5 Å². The van der Waals surface area contributed by atoms with Gasteiger partial charge in [0, 0.05) is 36.1 Å². The van der Waals surface area contributed by atoms with E-state index < -0.39 is 0 Å². The van der Waals surface area contributed by atoms with E-state index in [1.165, 1.54) is 11.8 Å². The molecule has 0 aliphatic heterocycles. The third-order valence-corrected chi connectivity index (χ3v) is 5.47. The molecule has 5 nitrogen and oxygen atoms in total. The van der Waals surface area contributed by atoms with Crippen LogP contribution < -0.4 is 10.6 Å². The van der Waals surface area contributed by atoms with E-state index in [0.717, 1.165) is 12.0 Å². The highest BCUT2D eigenvalue weighted by molar-refractivity contribution is 7.99. The average molecular weight is 441 g/mol. The summed E-state index contributed by atoms with van der Waals surface area (Å²) in [4.78, 5) is 24.6. The number of hydrogen-bond donors (Lipinski definition) is 2. The van der Waals surface area contributed by atoms with Crippen molar-refractivity contribution in [2.75, 3.05) is 31.3 Å². The zero-order chi connectivity index (χ0) is 20.4. The highest BCUT2D eigenvalue weighted by Crippen LogP contribution is 2.28. The molecular formula is C20H22Cl2N2O3S. The normalized spacial score (nSPS) is 10.5. The molecule has 0 bridgehead atoms. The number of nitrogens with one attached hydrogen (secondary N) is 2. The predicted molar refractivity (Wildman–Crippen MR) is 117 cm³/mol. The monoisotopic (exact) mass is 440 g/mol. The van der Waals surface area contributed by atoms with Crippen LogP contribution in [0, 0.1) is 0 Å². The molecule has 28 heavy (non-hydrogen) atoms. The van der Waals surface area contributed by atoms with Crippen LogP contribution in [0.15, 0.2) is 42.5 Å². The lowest BCUT2D eigenvalue weighted by Crippen LogP contribution is -2.27. The van der Waals surface area contributed by atoms with Crippen molar-refractivity contribution in [3.8, 4) is 0 Å². The smallest absolute Gasteiger partial charge is 0.253 e. The van der Waals surface area contributed by atoms with Gasteiger partial charge in [0.15, 0.2) is 0 Å². The summed E-state index contributed by atoms with van der Waals surface area (Å²) in [5.41, 5.74) is 1.71. The molecule has 0 heterocycles. The standard InChI is InChI=1S/C20H22Cl2N2O3S/c1-27-11-5-10-23-20(26)14-6-2-3-9-18(14)24-19(25)13-28-12-15-16(21)7-4-8-17(15)22/h2-4,6-9H,5,10-13H2,1H3,(H,23,26)(H,24,25). The number of halogens is 2. The first-order valence-electron chi connectivity index (χ1n) is 8.69. The van der Waals surface area contributed by atoms with Gasteiger partial charge in [-0.25, -0.2) is 0 Å². The quantitative estimate of drug-likeness (QED) is 0.528. The van der Waals surface area contributed by atoms with E-state index in [1.807, 2.05) is 0 Å². The number of amides is 2. The van der Waals surface area contributed by atoms with Crippen LogP contribution in [0.2, 0.25) is 10.0 Å². The second-order valence-electron chi connectivity index (χ2n) is 5.89. The maximum atomic E-state index is 12.3. The van der Waals surface area contributed by atoms with E-state index in [-0.39, 0.29) is 17.6 Å². The van der Waals surface area contributed by atoms with Gasteiger partial charge in [-0.1, -0.05) is 41.4 Å². The van der Waals surface area contributed by atoms with Crippen molar-refractivity contribution in [1.29, 1.82) is 0 Å². The molecule has 0 spiro atoms. The number of thioether (sulfide) groups is 1. The second kappa shape index (κ2) is 12.0. The molecule has 0 aliphatic carbocycles. The lowest BCUT2D eigenvalue weighted by atomic mass is 10.1. The average Bonchev–Trinajstić information content (AvgIpc) is 2.68. The van der Waals surface area contributed by atoms with E-state index >= 15 is 0 Å². The van der Waals surface area contributed by atoms with Gasteiger partial charge in [0.2, 0.25) is 5.91 Å². The van der Waals surface area contributed by atoms with Crippen molar-refractivity contribution < 1.29 is 14.3 Å². The molecule has 0 radical (unpaired) electrons. The lowest BCUT2D eigenvalue weighted by molar-refractivity contribution is -0.113. The molecule has 2 aromatic rings. The summed E-state index contributed by atoms with van der Waals surface area (Å²) in [6.07, 6.45) is 0.720. The Hall–Kier alpha value is -1.73. The summed E-state index contributed by atoms with van der Waals surface area (Å²) in [6, 6.07) is 12.2. The van der Waals surface area contributed by atoms with E-state index in [4.69, 9.17) is 27.9 Å². The molecule has 0 aliphatic rings. The van der Waals surface area contributed by atoms with Gasteiger partial charge < -0.3 is 15.4 Å². The fourth-order valence-corrected chi connectivity index (χ4v) is 3.97. The van der Waals surface area contributed by atoms with Gasteiger partial charge in [-0.2, -0.15) is 0 Å². The maximum Gasteiger partial charge on any atom is 0.253 e. The number of benzene rings is 2. The van der Waals surface area contributed by atoms with Gasteiger partial charge in [-0.3, -0.25) is 9.59 Å². The Morgan fingerprint density at radius 2 is 1.79 bits per heavy atom. The number of methoxy groups -OCH3 is 1. The predicted octanol–water partition coefficient (Wildman–Crippen LogP) is 4.63. The van der Waals surface area contributed by atoms with Crippen LogP contribution in [0.1, 0.15) is 22.3 Å². The molecule has 2 N–H and O–H groups in total. The van der Waals surface area contributed by atoms with Crippen molar-refractivity contribution in [2.45, 2.75) is 12.2 Å². The van der Waals surface area contributed by atoms with Crippen molar-refractivity contribution in [3.05, 3.63) is 63.6 Å². The summed E-state index contributed by atoms with van der Waals surface area (Å²) in [6.45, 7) is 1.08. The van der Waals surface area contributed by atoms with Crippen LogP contribution >= 0.6 is 35.0 Å². The van der Waals surface area contributed by atoms with Crippen LogP contribution in [0.3, 0.4) is 0 Å².